The lowest BCUT2D eigenvalue weighted by Crippen LogP contribution is -2.60. The molecule has 2 fully saturated rings. The fourth-order valence-electron chi connectivity index (χ4n) is 5.93. The van der Waals surface area contributed by atoms with Crippen molar-refractivity contribution in [3.63, 3.8) is 0 Å². The average Bonchev–Trinajstić information content (AvgIpc) is 2.68. The van der Waals surface area contributed by atoms with E-state index in [1.165, 1.54) is 0 Å². The standard InChI is InChI=1S/C23H35NO4/c1-15(16-7-5-4-6-8-16)24-21(28)13-17-18(26)9-10-19-22(17,2)12-11-20(27)23(19,3)14-25/h4-8,15,17-20,25-27H,9-14H2,1-3H3,(H,24,28)/t15-,17-,18-,19+,20-,22+,23+/m1/s1. The molecule has 2 aliphatic carbocycles. The third-order valence-corrected chi connectivity index (χ3v) is 7.80. The Morgan fingerprint density at radius 1 is 1.18 bits per heavy atom. The van der Waals surface area contributed by atoms with Gasteiger partial charge in [0.1, 0.15) is 0 Å². The molecule has 0 saturated heterocycles. The Hall–Kier alpha value is -1.43. The van der Waals surface area contributed by atoms with Crippen molar-refractivity contribution in [3.8, 4) is 0 Å². The molecule has 0 aromatic heterocycles. The fraction of sp³-hybridized carbons (Fsp3) is 0.696. The van der Waals surface area contributed by atoms with Gasteiger partial charge in [-0.1, -0.05) is 44.2 Å². The van der Waals surface area contributed by atoms with Gasteiger partial charge in [-0.3, -0.25) is 4.79 Å². The molecule has 4 N–H and O–H groups in total. The minimum Gasteiger partial charge on any atom is -0.396 e. The number of amides is 1. The summed E-state index contributed by atoms with van der Waals surface area (Å²) in [6.07, 6.45) is 1.92. The molecule has 0 unspecified atom stereocenters. The molecule has 1 amide bonds. The summed E-state index contributed by atoms with van der Waals surface area (Å²) in [6, 6.07) is 9.76. The van der Waals surface area contributed by atoms with Crippen molar-refractivity contribution >= 4 is 5.91 Å². The molecule has 3 rings (SSSR count). The van der Waals surface area contributed by atoms with Crippen LogP contribution in [0.3, 0.4) is 0 Å². The molecule has 0 spiro atoms. The second-order valence-corrected chi connectivity index (χ2v) is 9.43. The van der Waals surface area contributed by atoms with E-state index in [9.17, 15) is 20.1 Å². The molecule has 5 nitrogen and oxygen atoms in total. The third-order valence-electron chi connectivity index (χ3n) is 7.80. The molecular weight excluding hydrogens is 354 g/mol. The predicted molar refractivity (Wildman–Crippen MR) is 108 cm³/mol. The number of carbonyl (C=O) groups excluding carboxylic acids is 1. The number of fused-ring (bicyclic) bond motifs is 1. The van der Waals surface area contributed by atoms with Gasteiger partial charge in [-0.15, -0.1) is 0 Å². The molecular formula is C23H35NO4. The van der Waals surface area contributed by atoms with Crippen molar-refractivity contribution in [2.24, 2.45) is 22.7 Å². The summed E-state index contributed by atoms with van der Waals surface area (Å²) >= 11 is 0. The third kappa shape index (κ3) is 3.72. The lowest BCUT2D eigenvalue weighted by molar-refractivity contribution is -0.186. The number of aliphatic hydroxyl groups excluding tert-OH is 3. The van der Waals surface area contributed by atoms with Gasteiger partial charge in [-0.25, -0.2) is 0 Å². The van der Waals surface area contributed by atoms with Gasteiger partial charge >= 0.3 is 0 Å². The molecule has 1 aromatic rings. The normalized spacial score (nSPS) is 39.1. The van der Waals surface area contributed by atoms with E-state index in [1.807, 2.05) is 44.2 Å². The van der Waals surface area contributed by atoms with Crippen molar-refractivity contribution < 1.29 is 20.1 Å². The van der Waals surface area contributed by atoms with Gasteiger partial charge in [-0.2, -0.15) is 0 Å². The lowest BCUT2D eigenvalue weighted by Gasteiger charge is -2.60. The van der Waals surface area contributed by atoms with E-state index in [2.05, 4.69) is 12.2 Å². The van der Waals surface area contributed by atoms with Crippen LogP contribution in [0.15, 0.2) is 30.3 Å². The first-order chi connectivity index (χ1) is 13.2. The van der Waals surface area contributed by atoms with Gasteiger partial charge in [-0.05, 0) is 55.4 Å². The maximum absolute atomic E-state index is 12.8. The van der Waals surface area contributed by atoms with Crippen molar-refractivity contribution in [2.45, 2.75) is 71.1 Å². The molecule has 5 heteroatoms. The Labute approximate surface area is 168 Å². The Morgan fingerprint density at radius 2 is 1.86 bits per heavy atom. The summed E-state index contributed by atoms with van der Waals surface area (Å²) < 4.78 is 0. The molecule has 2 saturated carbocycles. The van der Waals surface area contributed by atoms with Crippen LogP contribution in [0.5, 0.6) is 0 Å². The molecule has 0 aliphatic heterocycles. The van der Waals surface area contributed by atoms with Gasteiger partial charge in [0.15, 0.2) is 0 Å². The Kier molecular flexibility index (Phi) is 6.18. The molecule has 0 heterocycles. The second-order valence-electron chi connectivity index (χ2n) is 9.43. The van der Waals surface area contributed by atoms with Crippen LogP contribution in [0.2, 0.25) is 0 Å². The zero-order chi connectivity index (χ0) is 20.5. The van der Waals surface area contributed by atoms with Gasteiger partial charge in [0.05, 0.1) is 24.9 Å². The predicted octanol–water partition coefficient (Wildman–Crippen LogP) is 2.80. The van der Waals surface area contributed by atoms with Crippen LogP contribution < -0.4 is 5.32 Å². The number of rotatable bonds is 5. The van der Waals surface area contributed by atoms with Crippen LogP contribution in [0.25, 0.3) is 0 Å². The van der Waals surface area contributed by atoms with Crippen LogP contribution in [-0.2, 0) is 4.79 Å². The number of aliphatic hydroxyl groups is 3. The molecule has 0 bridgehead atoms. The van der Waals surface area contributed by atoms with Crippen molar-refractivity contribution in [1.82, 2.24) is 5.32 Å². The Morgan fingerprint density at radius 3 is 2.50 bits per heavy atom. The highest BCUT2D eigenvalue weighted by Gasteiger charge is 2.59. The van der Waals surface area contributed by atoms with E-state index < -0.39 is 17.6 Å². The SMILES string of the molecule is C[C@@H](NC(=O)C[C@@H]1[C@H](O)CC[C@@H]2[C@](C)(CO)[C@H](O)CC[C@]21C)c1ccccc1. The first-order valence-corrected chi connectivity index (χ1v) is 10.5. The summed E-state index contributed by atoms with van der Waals surface area (Å²) in [5, 5.41) is 34.5. The quantitative estimate of drug-likeness (QED) is 0.623. The maximum Gasteiger partial charge on any atom is 0.220 e. The van der Waals surface area contributed by atoms with Gasteiger partial charge in [0.25, 0.3) is 0 Å². The van der Waals surface area contributed by atoms with Crippen LogP contribution in [-0.4, -0.2) is 40.0 Å². The number of nitrogens with one attached hydrogen (secondary N) is 1. The summed E-state index contributed by atoms with van der Waals surface area (Å²) in [4.78, 5) is 12.8. The molecule has 1 aromatic carbocycles. The highest BCUT2D eigenvalue weighted by molar-refractivity contribution is 5.76. The van der Waals surface area contributed by atoms with E-state index in [0.29, 0.717) is 12.8 Å². The fourth-order valence-corrected chi connectivity index (χ4v) is 5.93. The topological polar surface area (TPSA) is 89.8 Å². The van der Waals surface area contributed by atoms with Crippen LogP contribution in [0, 0.1) is 22.7 Å². The largest absolute Gasteiger partial charge is 0.396 e. The maximum atomic E-state index is 12.8. The van der Waals surface area contributed by atoms with Crippen molar-refractivity contribution in [2.75, 3.05) is 6.61 Å². The first kappa shape index (κ1) is 21.3. The first-order valence-electron chi connectivity index (χ1n) is 10.5. The zero-order valence-electron chi connectivity index (χ0n) is 17.3. The lowest BCUT2D eigenvalue weighted by atomic mass is 9.46. The Bertz CT molecular complexity index is 680. The average molecular weight is 390 g/mol. The van der Waals surface area contributed by atoms with Gasteiger partial charge in [0.2, 0.25) is 5.91 Å². The van der Waals surface area contributed by atoms with Crippen LogP contribution in [0.4, 0.5) is 0 Å². The van der Waals surface area contributed by atoms with E-state index in [4.69, 9.17) is 0 Å². The second kappa shape index (κ2) is 8.13. The molecule has 156 valence electrons. The van der Waals surface area contributed by atoms with Crippen LogP contribution >= 0.6 is 0 Å². The Balaban J connectivity index is 1.75. The minimum absolute atomic E-state index is 0.0564. The number of carbonyl (C=O) groups is 1. The number of benzene rings is 1. The van der Waals surface area contributed by atoms with Gasteiger partial charge in [0, 0.05) is 11.8 Å². The molecule has 28 heavy (non-hydrogen) atoms. The summed E-state index contributed by atoms with van der Waals surface area (Å²) in [5.41, 5.74) is 0.193. The minimum atomic E-state index is -0.584. The molecule has 0 radical (unpaired) electrons. The van der Waals surface area contributed by atoms with Crippen molar-refractivity contribution in [3.05, 3.63) is 35.9 Å². The summed E-state index contributed by atoms with van der Waals surface area (Å²) in [6.45, 7) is 5.98. The summed E-state index contributed by atoms with van der Waals surface area (Å²) in [7, 11) is 0. The van der Waals surface area contributed by atoms with E-state index >= 15 is 0 Å². The highest BCUT2D eigenvalue weighted by atomic mass is 16.3. The molecule has 2 aliphatic rings. The van der Waals surface area contributed by atoms with Gasteiger partial charge < -0.3 is 20.6 Å². The van der Waals surface area contributed by atoms with Crippen LogP contribution in [0.1, 0.15) is 64.5 Å². The van der Waals surface area contributed by atoms with E-state index in [1.54, 1.807) is 0 Å². The molecule has 7 atom stereocenters. The highest BCUT2D eigenvalue weighted by Crippen LogP contribution is 2.60. The number of hydrogen-bond acceptors (Lipinski definition) is 4. The zero-order valence-corrected chi connectivity index (χ0v) is 17.3. The summed E-state index contributed by atoms with van der Waals surface area (Å²) in [5.74, 6) is -0.145. The smallest absolute Gasteiger partial charge is 0.220 e. The van der Waals surface area contributed by atoms with E-state index in [-0.39, 0.29) is 42.2 Å². The van der Waals surface area contributed by atoms with Crippen molar-refractivity contribution in [1.29, 1.82) is 0 Å². The number of hydrogen-bond donors (Lipinski definition) is 4. The van der Waals surface area contributed by atoms with E-state index in [0.717, 1.165) is 18.4 Å². The monoisotopic (exact) mass is 389 g/mol.